The van der Waals surface area contributed by atoms with Crippen molar-refractivity contribution in [3.63, 3.8) is 0 Å². The number of nitrogens with one attached hydrogen (secondary N) is 1. The minimum Gasteiger partial charge on any atom is -0.444 e. The molecule has 2 aromatic rings. The molecule has 2 atom stereocenters. The summed E-state index contributed by atoms with van der Waals surface area (Å²) in [4.78, 5) is 14.3. The molecule has 6 nitrogen and oxygen atoms in total. The first kappa shape index (κ1) is 25.8. The van der Waals surface area contributed by atoms with E-state index in [1.54, 1.807) is 0 Å². The van der Waals surface area contributed by atoms with Gasteiger partial charge < -0.3 is 19.5 Å². The van der Waals surface area contributed by atoms with Crippen LogP contribution in [0.2, 0.25) is 0 Å². The van der Waals surface area contributed by atoms with Crippen molar-refractivity contribution in [3.05, 3.63) is 71.8 Å². The van der Waals surface area contributed by atoms with Crippen LogP contribution in [0.3, 0.4) is 0 Å². The summed E-state index contributed by atoms with van der Waals surface area (Å²) in [7, 11) is 0. The smallest absolute Gasteiger partial charge is 0.408 e. The molecule has 182 valence electrons. The van der Waals surface area contributed by atoms with Gasteiger partial charge in [-0.15, -0.1) is 0 Å². The lowest BCUT2D eigenvalue weighted by Crippen LogP contribution is -2.44. The zero-order chi connectivity index (χ0) is 24.6. The van der Waals surface area contributed by atoms with E-state index < -0.39 is 17.5 Å². The molecule has 6 heteroatoms. The number of hydrogen-bond donors (Lipinski definition) is 1. The first-order valence-corrected chi connectivity index (χ1v) is 11.7. The van der Waals surface area contributed by atoms with Crippen LogP contribution in [0, 0.1) is 11.8 Å². The van der Waals surface area contributed by atoms with Crippen LogP contribution in [0.5, 0.6) is 0 Å². The normalized spacial score (nSPS) is 18.1. The monoisotopic (exact) mass is 464 g/mol. The van der Waals surface area contributed by atoms with Crippen LogP contribution in [0.15, 0.2) is 60.7 Å². The van der Waals surface area contributed by atoms with Gasteiger partial charge in [-0.25, -0.2) is 4.79 Å². The molecule has 0 bridgehead atoms. The lowest BCUT2D eigenvalue weighted by molar-refractivity contribution is -0.144. The third-order valence-corrected chi connectivity index (χ3v) is 5.20. The van der Waals surface area contributed by atoms with E-state index in [1.807, 2.05) is 71.0 Å². The predicted molar refractivity (Wildman–Crippen MR) is 133 cm³/mol. The fourth-order valence-corrected chi connectivity index (χ4v) is 3.76. The molecule has 1 saturated heterocycles. The highest BCUT2D eigenvalue weighted by molar-refractivity contribution is 5.68. The van der Waals surface area contributed by atoms with Crippen LogP contribution in [-0.4, -0.2) is 47.7 Å². The van der Waals surface area contributed by atoms with Crippen molar-refractivity contribution in [2.75, 3.05) is 13.2 Å². The van der Waals surface area contributed by atoms with Crippen LogP contribution in [0.4, 0.5) is 4.79 Å². The Morgan fingerprint density at radius 2 is 1.65 bits per heavy atom. The summed E-state index contributed by atoms with van der Waals surface area (Å²) in [5, 5.41) is 2.71. The van der Waals surface area contributed by atoms with E-state index in [0.717, 1.165) is 0 Å². The number of carbonyl (C=O) groups is 1. The number of carbonyl (C=O) groups excluding carboxylic acids is 1. The average Bonchev–Trinajstić information content (AvgIpc) is 3.13. The predicted octanol–water partition coefficient (Wildman–Crippen LogP) is 4.74. The summed E-state index contributed by atoms with van der Waals surface area (Å²) >= 11 is 0. The standard InChI is InChI=1S/C28H36N2O4/c1-27(2,3)34-26(31)29-18-12-17-24(25-21-32-28(4,5)33-25)30(19-22-13-8-6-9-14-22)20-23-15-10-7-11-16-23/h6-11,13-16,24-25H,18-21H2,1-5H3,(H,29,31)/t24-,25-/m1/s1. The van der Waals surface area contributed by atoms with Gasteiger partial charge in [0.05, 0.1) is 13.2 Å². The van der Waals surface area contributed by atoms with Crippen molar-refractivity contribution in [1.29, 1.82) is 0 Å². The molecule has 0 spiro atoms. The lowest BCUT2D eigenvalue weighted by atomic mass is 10.1. The highest BCUT2D eigenvalue weighted by atomic mass is 16.7. The summed E-state index contributed by atoms with van der Waals surface area (Å²) in [6, 6.07) is 20.4. The van der Waals surface area contributed by atoms with Gasteiger partial charge in [0.15, 0.2) is 5.79 Å². The van der Waals surface area contributed by atoms with Gasteiger partial charge in [0.25, 0.3) is 0 Å². The van der Waals surface area contributed by atoms with Crippen LogP contribution < -0.4 is 5.32 Å². The summed E-state index contributed by atoms with van der Waals surface area (Å²) in [6.07, 6.45) is -0.707. The number of benzene rings is 2. The largest absolute Gasteiger partial charge is 0.444 e. The molecule has 0 aromatic heterocycles. The lowest BCUT2D eigenvalue weighted by Gasteiger charge is -2.32. The molecule has 1 aliphatic heterocycles. The van der Waals surface area contributed by atoms with Gasteiger partial charge in [-0.3, -0.25) is 4.90 Å². The number of ether oxygens (including phenoxy) is 3. The number of amides is 1. The molecule has 1 aliphatic rings. The van der Waals surface area contributed by atoms with Gasteiger partial charge in [0.2, 0.25) is 0 Å². The molecule has 1 N–H and O–H groups in total. The second-order valence-electron chi connectivity index (χ2n) is 9.86. The number of nitrogens with zero attached hydrogens (tertiary/aromatic N) is 1. The van der Waals surface area contributed by atoms with Crippen molar-refractivity contribution < 1.29 is 19.0 Å². The van der Waals surface area contributed by atoms with Crippen molar-refractivity contribution in [1.82, 2.24) is 10.2 Å². The molecule has 1 amide bonds. The maximum Gasteiger partial charge on any atom is 0.408 e. The summed E-state index contributed by atoms with van der Waals surface area (Å²) < 4.78 is 17.4. The number of rotatable bonds is 7. The van der Waals surface area contributed by atoms with E-state index in [1.165, 1.54) is 11.1 Å². The second-order valence-corrected chi connectivity index (χ2v) is 9.86. The third-order valence-electron chi connectivity index (χ3n) is 5.20. The Morgan fingerprint density at radius 3 is 2.12 bits per heavy atom. The summed E-state index contributed by atoms with van der Waals surface area (Å²) in [5.74, 6) is 5.82. The van der Waals surface area contributed by atoms with Crippen molar-refractivity contribution in [2.45, 2.75) is 71.2 Å². The van der Waals surface area contributed by atoms with E-state index >= 15 is 0 Å². The molecule has 34 heavy (non-hydrogen) atoms. The number of alkyl carbamates (subject to hydrolysis) is 1. The Kier molecular flexibility index (Phi) is 8.73. The zero-order valence-corrected chi connectivity index (χ0v) is 20.8. The van der Waals surface area contributed by atoms with Gasteiger partial charge in [-0.05, 0) is 45.7 Å². The molecule has 0 radical (unpaired) electrons. The molecule has 1 heterocycles. The average molecular weight is 465 g/mol. The summed E-state index contributed by atoms with van der Waals surface area (Å²) in [5.41, 5.74) is 1.83. The maximum absolute atomic E-state index is 12.0. The minimum absolute atomic E-state index is 0.187. The van der Waals surface area contributed by atoms with Crippen LogP contribution >= 0.6 is 0 Å². The van der Waals surface area contributed by atoms with E-state index in [-0.39, 0.29) is 18.7 Å². The van der Waals surface area contributed by atoms with Gasteiger partial charge >= 0.3 is 6.09 Å². The van der Waals surface area contributed by atoms with Crippen molar-refractivity contribution in [3.8, 4) is 11.8 Å². The van der Waals surface area contributed by atoms with Crippen LogP contribution in [0.25, 0.3) is 0 Å². The molecule has 1 fully saturated rings. The van der Waals surface area contributed by atoms with E-state index in [4.69, 9.17) is 14.2 Å². The van der Waals surface area contributed by atoms with Crippen molar-refractivity contribution in [2.24, 2.45) is 0 Å². The van der Waals surface area contributed by atoms with E-state index in [2.05, 4.69) is 46.3 Å². The summed E-state index contributed by atoms with van der Waals surface area (Å²) in [6.45, 7) is 11.4. The SMILES string of the molecule is CC(C)(C)OC(=O)NCC#C[C@H]([C@H]1COC(C)(C)O1)N(Cc1ccccc1)Cc1ccccc1. The highest BCUT2D eigenvalue weighted by Gasteiger charge is 2.39. The Bertz CT molecular complexity index is 933. The topological polar surface area (TPSA) is 60.0 Å². The van der Waals surface area contributed by atoms with Gasteiger partial charge in [-0.2, -0.15) is 0 Å². The minimum atomic E-state index is -0.662. The number of hydrogen-bond acceptors (Lipinski definition) is 5. The molecular formula is C28H36N2O4. The van der Waals surface area contributed by atoms with Crippen molar-refractivity contribution >= 4 is 6.09 Å². The highest BCUT2D eigenvalue weighted by Crippen LogP contribution is 2.27. The molecule has 3 rings (SSSR count). The fraction of sp³-hybridized carbons (Fsp3) is 0.464. The van der Waals surface area contributed by atoms with Gasteiger partial charge in [0.1, 0.15) is 17.7 Å². The maximum atomic E-state index is 12.0. The van der Waals surface area contributed by atoms with E-state index in [0.29, 0.717) is 19.7 Å². The van der Waals surface area contributed by atoms with Crippen LogP contribution in [0.1, 0.15) is 45.7 Å². The van der Waals surface area contributed by atoms with Gasteiger partial charge in [-0.1, -0.05) is 72.5 Å². The van der Waals surface area contributed by atoms with E-state index in [9.17, 15) is 4.79 Å². The Morgan fingerprint density at radius 1 is 1.09 bits per heavy atom. The first-order valence-electron chi connectivity index (χ1n) is 11.7. The van der Waals surface area contributed by atoms with Crippen LogP contribution in [-0.2, 0) is 27.3 Å². The Balaban J connectivity index is 1.82. The Hall–Kier alpha value is -2.85. The fourth-order valence-electron chi connectivity index (χ4n) is 3.76. The molecular weight excluding hydrogens is 428 g/mol. The second kappa shape index (κ2) is 11.5. The quantitative estimate of drug-likeness (QED) is 0.600. The first-order chi connectivity index (χ1) is 16.1. The molecule has 0 saturated carbocycles. The van der Waals surface area contributed by atoms with Gasteiger partial charge in [0, 0.05) is 13.1 Å². The molecule has 2 aromatic carbocycles. The molecule has 0 aliphatic carbocycles. The third kappa shape index (κ3) is 8.49. The zero-order valence-electron chi connectivity index (χ0n) is 20.8. The molecule has 0 unspecified atom stereocenters. The Labute approximate surface area is 203 Å².